The van der Waals surface area contributed by atoms with Gasteiger partial charge in [0.2, 0.25) is 5.91 Å². The number of carbonyl (C=O) groups is 1. The molecule has 0 radical (unpaired) electrons. The number of nitrogens with one attached hydrogen (secondary N) is 2. The van der Waals surface area contributed by atoms with Crippen molar-refractivity contribution in [1.29, 1.82) is 0 Å². The van der Waals surface area contributed by atoms with Crippen molar-refractivity contribution >= 4 is 40.3 Å². The summed E-state index contributed by atoms with van der Waals surface area (Å²) in [7, 11) is 0. The van der Waals surface area contributed by atoms with Crippen molar-refractivity contribution in [3.05, 3.63) is 53.6 Å². The Morgan fingerprint density at radius 1 is 1.03 bits per heavy atom. The van der Waals surface area contributed by atoms with E-state index in [9.17, 15) is 4.79 Å². The van der Waals surface area contributed by atoms with Gasteiger partial charge in [0.05, 0.1) is 6.04 Å². The lowest BCUT2D eigenvalue weighted by Gasteiger charge is -2.22. The van der Waals surface area contributed by atoms with Crippen LogP contribution in [0.3, 0.4) is 0 Å². The van der Waals surface area contributed by atoms with E-state index in [0.29, 0.717) is 11.5 Å². The molecule has 0 spiro atoms. The first-order valence-corrected chi connectivity index (χ1v) is 11.3. The van der Waals surface area contributed by atoms with Crippen molar-refractivity contribution in [3.8, 4) is 0 Å². The first kappa shape index (κ1) is 20.7. The first-order valence-electron chi connectivity index (χ1n) is 10.8. The van der Waals surface area contributed by atoms with Crippen LogP contribution >= 0.6 is 12.2 Å². The second-order valence-corrected chi connectivity index (χ2v) is 8.66. The molecular weight excluding hydrogens is 392 g/mol. The predicted molar refractivity (Wildman–Crippen MR) is 128 cm³/mol. The smallest absolute Gasteiger partial charge is 0.227 e. The van der Waals surface area contributed by atoms with Gasteiger partial charge in [0, 0.05) is 43.1 Å². The van der Waals surface area contributed by atoms with E-state index >= 15 is 0 Å². The van der Waals surface area contributed by atoms with Crippen LogP contribution in [0.15, 0.2) is 42.5 Å². The molecule has 6 heteroatoms. The molecule has 5 nitrogen and oxygen atoms in total. The minimum absolute atomic E-state index is 0.0997. The van der Waals surface area contributed by atoms with Crippen molar-refractivity contribution < 1.29 is 4.79 Å². The van der Waals surface area contributed by atoms with Crippen LogP contribution < -0.4 is 20.4 Å². The molecule has 2 aliphatic heterocycles. The van der Waals surface area contributed by atoms with E-state index in [0.717, 1.165) is 43.0 Å². The maximum Gasteiger partial charge on any atom is 0.227 e. The lowest BCUT2D eigenvalue weighted by atomic mass is 10.1. The van der Waals surface area contributed by atoms with Gasteiger partial charge in [0.15, 0.2) is 5.11 Å². The molecule has 1 atom stereocenters. The van der Waals surface area contributed by atoms with Crippen LogP contribution in [0, 0.1) is 6.92 Å². The van der Waals surface area contributed by atoms with Gasteiger partial charge in [-0.15, -0.1) is 0 Å². The number of carbonyl (C=O) groups excluding carboxylic acids is 1. The predicted octanol–water partition coefficient (Wildman–Crippen LogP) is 4.77. The Bertz CT molecular complexity index is 921. The maximum absolute atomic E-state index is 12.1. The summed E-state index contributed by atoms with van der Waals surface area (Å²) >= 11 is 5.55. The Balaban J connectivity index is 1.37. The van der Waals surface area contributed by atoms with Gasteiger partial charge in [-0.2, -0.15) is 0 Å². The largest absolute Gasteiger partial charge is 0.372 e. The minimum Gasteiger partial charge on any atom is -0.372 e. The Morgan fingerprint density at radius 3 is 2.43 bits per heavy atom. The van der Waals surface area contributed by atoms with Crippen LogP contribution in [0.1, 0.15) is 49.8 Å². The highest BCUT2D eigenvalue weighted by atomic mass is 32.1. The molecule has 2 N–H and O–H groups in total. The Labute approximate surface area is 184 Å². The second-order valence-electron chi connectivity index (χ2n) is 8.26. The van der Waals surface area contributed by atoms with E-state index in [2.05, 4.69) is 46.7 Å². The summed E-state index contributed by atoms with van der Waals surface area (Å²) < 4.78 is 0. The highest BCUT2D eigenvalue weighted by Crippen LogP contribution is 2.28. The molecule has 2 aromatic carbocycles. The normalized spacial score (nSPS) is 17.3. The maximum atomic E-state index is 12.1. The Kier molecular flexibility index (Phi) is 6.23. The third kappa shape index (κ3) is 4.59. The van der Waals surface area contributed by atoms with E-state index < -0.39 is 0 Å². The van der Waals surface area contributed by atoms with Crippen molar-refractivity contribution in [3.63, 3.8) is 0 Å². The zero-order valence-corrected chi connectivity index (χ0v) is 18.6. The zero-order chi connectivity index (χ0) is 21.1. The summed E-state index contributed by atoms with van der Waals surface area (Å²) in [5, 5.41) is 7.23. The average Bonchev–Trinajstić information content (AvgIpc) is 3.41. The van der Waals surface area contributed by atoms with Gasteiger partial charge in [0.1, 0.15) is 0 Å². The molecule has 30 heavy (non-hydrogen) atoms. The number of benzene rings is 2. The first-order chi connectivity index (χ1) is 14.5. The van der Waals surface area contributed by atoms with Crippen molar-refractivity contribution in [2.75, 3.05) is 34.8 Å². The van der Waals surface area contributed by atoms with Crippen molar-refractivity contribution in [1.82, 2.24) is 5.32 Å². The van der Waals surface area contributed by atoms with Gasteiger partial charge in [0.25, 0.3) is 0 Å². The fourth-order valence-corrected chi connectivity index (χ4v) is 4.57. The number of hydrogen-bond acceptors (Lipinski definition) is 3. The molecule has 1 unspecified atom stereocenters. The fraction of sp³-hybridized carbons (Fsp3) is 0.417. The highest BCUT2D eigenvalue weighted by Gasteiger charge is 2.23. The number of hydrogen-bond donors (Lipinski definition) is 2. The molecule has 158 valence electrons. The van der Waals surface area contributed by atoms with Gasteiger partial charge >= 0.3 is 0 Å². The van der Waals surface area contributed by atoms with Gasteiger partial charge in [-0.1, -0.05) is 18.2 Å². The van der Waals surface area contributed by atoms with E-state index in [1.165, 1.54) is 24.1 Å². The molecule has 0 aromatic heterocycles. The average molecular weight is 423 g/mol. The third-order valence-corrected chi connectivity index (χ3v) is 6.26. The summed E-state index contributed by atoms with van der Waals surface area (Å²) in [6, 6.07) is 14.9. The van der Waals surface area contributed by atoms with Crippen molar-refractivity contribution in [2.24, 2.45) is 0 Å². The van der Waals surface area contributed by atoms with Crippen LogP contribution in [0.5, 0.6) is 0 Å². The number of thiocarbonyl (C=S) groups is 1. The molecule has 0 saturated carbocycles. The Hall–Kier alpha value is -2.60. The summed E-state index contributed by atoms with van der Waals surface area (Å²) in [6.45, 7) is 7.25. The van der Waals surface area contributed by atoms with Gasteiger partial charge in [-0.3, -0.25) is 4.79 Å². The van der Waals surface area contributed by atoms with Crippen LogP contribution in [0.2, 0.25) is 0 Å². The molecular formula is C24H30N4OS. The number of aryl methyl sites for hydroxylation is 1. The summed E-state index contributed by atoms with van der Waals surface area (Å²) in [4.78, 5) is 16.5. The summed E-state index contributed by atoms with van der Waals surface area (Å²) in [5.41, 5.74) is 5.46. The number of rotatable bonds is 5. The number of amides is 1. The van der Waals surface area contributed by atoms with E-state index in [1.807, 2.05) is 30.0 Å². The number of anilines is 3. The SMILES string of the molecule is Cc1ccc(NC(=S)NC(C)c2ccc(N3CCCC3)cc2)cc1N1CCCC1=O. The molecule has 0 bridgehead atoms. The van der Waals surface area contributed by atoms with Crippen LogP contribution in [0.25, 0.3) is 0 Å². The lowest BCUT2D eigenvalue weighted by Crippen LogP contribution is -2.31. The van der Waals surface area contributed by atoms with Crippen LogP contribution in [-0.2, 0) is 4.79 Å². The second kappa shape index (κ2) is 9.04. The lowest BCUT2D eigenvalue weighted by molar-refractivity contribution is -0.117. The van der Waals surface area contributed by atoms with Crippen LogP contribution in [0.4, 0.5) is 17.1 Å². The standard InChI is InChI=1S/C24H30N4OS/c1-17-7-10-20(16-22(17)28-15-5-6-23(28)29)26-24(30)25-18(2)19-8-11-21(12-9-19)27-13-3-4-14-27/h7-12,16,18H,3-6,13-15H2,1-2H3,(H2,25,26,30). The molecule has 2 aromatic rings. The van der Waals surface area contributed by atoms with E-state index in [4.69, 9.17) is 12.2 Å². The van der Waals surface area contributed by atoms with Crippen LogP contribution in [-0.4, -0.2) is 30.7 Å². The summed E-state index contributed by atoms with van der Waals surface area (Å²) in [6.07, 6.45) is 4.12. The monoisotopic (exact) mass is 422 g/mol. The topological polar surface area (TPSA) is 47.6 Å². The van der Waals surface area contributed by atoms with Crippen molar-refractivity contribution in [2.45, 2.75) is 45.6 Å². The molecule has 2 fully saturated rings. The van der Waals surface area contributed by atoms with Gasteiger partial charge < -0.3 is 20.4 Å². The van der Waals surface area contributed by atoms with Gasteiger partial charge in [-0.25, -0.2) is 0 Å². The van der Waals surface area contributed by atoms with E-state index in [-0.39, 0.29) is 11.9 Å². The van der Waals surface area contributed by atoms with Gasteiger partial charge in [-0.05, 0) is 80.7 Å². The minimum atomic E-state index is 0.0997. The molecule has 2 heterocycles. The molecule has 2 aliphatic rings. The summed E-state index contributed by atoms with van der Waals surface area (Å²) in [5.74, 6) is 0.196. The zero-order valence-electron chi connectivity index (χ0n) is 17.8. The van der Waals surface area contributed by atoms with E-state index in [1.54, 1.807) is 0 Å². The molecule has 1 amide bonds. The fourth-order valence-electron chi connectivity index (χ4n) is 4.28. The molecule has 4 rings (SSSR count). The molecule has 0 aliphatic carbocycles. The quantitative estimate of drug-likeness (QED) is 0.680. The third-order valence-electron chi connectivity index (χ3n) is 6.04. The Morgan fingerprint density at radius 2 is 1.77 bits per heavy atom. The molecule has 2 saturated heterocycles. The highest BCUT2D eigenvalue weighted by molar-refractivity contribution is 7.80. The number of nitrogens with zero attached hydrogens (tertiary/aromatic N) is 2.